The summed E-state index contributed by atoms with van der Waals surface area (Å²) in [6.45, 7) is 1.62. The van der Waals surface area contributed by atoms with E-state index in [2.05, 4.69) is 14.9 Å². The molecular formula is C13H21N5O2. The van der Waals surface area contributed by atoms with Gasteiger partial charge in [0.15, 0.2) is 0 Å². The Labute approximate surface area is 118 Å². The second kappa shape index (κ2) is 5.94. The maximum absolute atomic E-state index is 11.0. The van der Waals surface area contributed by atoms with E-state index >= 15 is 0 Å². The third-order valence-corrected chi connectivity index (χ3v) is 3.67. The van der Waals surface area contributed by atoms with Crippen molar-refractivity contribution < 1.29 is 9.90 Å². The first kappa shape index (κ1) is 14.4. The van der Waals surface area contributed by atoms with Gasteiger partial charge in [-0.1, -0.05) is 0 Å². The van der Waals surface area contributed by atoms with Crippen molar-refractivity contribution in [1.29, 1.82) is 0 Å². The first-order chi connectivity index (χ1) is 9.49. The zero-order valence-corrected chi connectivity index (χ0v) is 12.2. The lowest BCUT2D eigenvalue weighted by atomic mass is 10.0. The molecular weight excluding hydrogens is 258 g/mol. The van der Waals surface area contributed by atoms with Crippen LogP contribution in [-0.4, -0.2) is 66.3 Å². The van der Waals surface area contributed by atoms with Crippen LogP contribution in [0.3, 0.4) is 0 Å². The van der Waals surface area contributed by atoms with Gasteiger partial charge in [0.25, 0.3) is 0 Å². The zero-order valence-electron chi connectivity index (χ0n) is 12.2. The summed E-state index contributed by atoms with van der Waals surface area (Å²) in [6, 6.07) is 1.99. The molecule has 7 nitrogen and oxygen atoms in total. The third kappa shape index (κ3) is 3.09. The molecule has 0 saturated carbocycles. The summed E-state index contributed by atoms with van der Waals surface area (Å²) < 4.78 is 0. The molecule has 20 heavy (non-hydrogen) atoms. The second-order valence-electron chi connectivity index (χ2n) is 5.22. The number of aromatic nitrogens is 2. The number of carboxylic acid groups (broad SMARTS) is 1. The number of amides is 1. The van der Waals surface area contributed by atoms with Crippen molar-refractivity contribution in [2.24, 2.45) is 0 Å². The van der Waals surface area contributed by atoms with Crippen LogP contribution < -0.4 is 9.80 Å². The van der Waals surface area contributed by atoms with Gasteiger partial charge in [-0.2, -0.15) is 4.98 Å². The Morgan fingerprint density at radius 2 is 2.00 bits per heavy atom. The molecule has 2 heterocycles. The van der Waals surface area contributed by atoms with E-state index in [4.69, 9.17) is 5.11 Å². The molecule has 1 aromatic rings. The predicted octanol–water partition coefficient (Wildman–Crippen LogP) is 1.12. The van der Waals surface area contributed by atoms with Gasteiger partial charge in [0.1, 0.15) is 5.82 Å². The average Bonchev–Trinajstić information content (AvgIpc) is 2.46. The van der Waals surface area contributed by atoms with Crippen LogP contribution >= 0.6 is 0 Å². The maximum Gasteiger partial charge on any atom is 0.407 e. The van der Waals surface area contributed by atoms with Crippen molar-refractivity contribution in [2.75, 3.05) is 44.0 Å². The Hall–Kier alpha value is -2.05. The number of carbonyl (C=O) groups is 1. The van der Waals surface area contributed by atoms with Crippen LogP contribution in [0.2, 0.25) is 0 Å². The van der Waals surface area contributed by atoms with Crippen LogP contribution in [0.25, 0.3) is 0 Å². The highest BCUT2D eigenvalue weighted by molar-refractivity contribution is 5.65. The molecule has 1 aliphatic rings. The Kier molecular flexibility index (Phi) is 4.26. The first-order valence-electron chi connectivity index (χ1n) is 6.70. The fourth-order valence-electron chi connectivity index (χ4n) is 2.37. The van der Waals surface area contributed by atoms with Crippen LogP contribution in [0.1, 0.15) is 12.8 Å². The number of rotatable bonds is 3. The van der Waals surface area contributed by atoms with Gasteiger partial charge < -0.3 is 19.8 Å². The van der Waals surface area contributed by atoms with Gasteiger partial charge in [0, 0.05) is 46.5 Å². The topological polar surface area (TPSA) is 72.8 Å². The van der Waals surface area contributed by atoms with E-state index in [-0.39, 0.29) is 6.04 Å². The number of nitrogens with zero attached hydrogens (tertiary/aromatic N) is 5. The van der Waals surface area contributed by atoms with Crippen molar-refractivity contribution in [3.05, 3.63) is 12.3 Å². The van der Waals surface area contributed by atoms with E-state index in [1.165, 1.54) is 4.90 Å². The van der Waals surface area contributed by atoms with Gasteiger partial charge in [-0.3, -0.25) is 0 Å². The number of anilines is 2. The smallest absolute Gasteiger partial charge is 0.407 e. The van der Waals surface area contributed by atoms with Gasteiger partial charge in [0.2, 0.25) is 5.95 Å². The molecule has 0 aromatic carbocycles. The minimum absolute atomic E-state index is 0.0962. The Balaban J connectivity index is 2.00. The summed E-state index contributed by atoms with van der Waals surface area (Å²) in [5, 5.41) is 9.00. The van der Waals surface area contributed by atoms with E-state index in [1.54, 1.807) is 13.2 Å². The quantitative estimate of drug-likeness (QED) is 0.894. The molecule has 2 rings (SSSR count). The highest BCUT2D eigenvalue weighted by atomic mass is 16.4. The summed E-state index contributed by atoms with van der Waals surface area (Å²) in [5.74, 6) is 1.59. The summed E-state index contributed by atoms with van der Waals surface area (Å²) >= 11 is 0. The molecule has 7 heteroatoms. The molecule has 1 aromatic heterocycles. The molecule has 0 spiro atoms. The normalized spacial score (nSPS) is 16.1. The molecule has 1 fully saturated rings. The van der Waals surface area contributed by atoms with E-state index in [1.807, 2.05) is 25.1 Å². The van der Waals surface area contributed by atoms with Crippen LogP contribution in [0.4, 0.5) is 16.6 Å². The van der Waals surface area contributed by atoms with E-state index in [0.717, 1.165) is 31.7 Å². The monoisotopic (exact) mass is 279 g/mol. The summed E-state index contributed by atoms with van der Waals surface area (Å²) in [6.07, 6.45) is 2.54. The Morgan fingerprint density at radius 3 is 2.55 bits per heavy atom. The molecule has 1 amide bonds. The SMILES string of the molecule is CN(C)c1nccc(N2CCC(N(C)C(=O)O)CC2)n1. The molecule has 1 saturated heterocycles. The lowest BCUT2D eigenvalue weighted by molar-refractivity contribution is 0.131. The number of piperidine rings is 1. The highest BCUT2D eigenvalue weighted by Crippen LogP contribution is 2.21. The molecule has 110 valence electrons. The number of hydrogen-bond acceptors (Lipinski definition) is 5. The summed E-state index contributed by atoms with van der Waals surface area (Å²) in [7, 11) is 5.46. The maximum atomic E-state index is 11.0. The van der Waals surface area contributed by atoms with Crippen LogP contribution in [0, 0.1) is 0 Å². The fraction of sp³-hybridized carbons (Fsp3) is 0.615. The van der Waals surface area contributed by atoms with Crippen molar-refractivity contribution in [2.45, 2.75) is 18.9 Å². The predicted molar refractivity (Wildman–Crippen MR) is 77.4 cm³/mol. The molecule has 0 aliphatic carbocycles. The lowest BCUT2D eigenvalue weighted by Gasteiger charge is -2.36. The lowest BCUT2D eigenvalue weighted by Crippen LogP contribution is -2.45. The molecule has 0 unspecified atom stereocenters. The van der Waals surface area contributed by atoms with Gasteiger partial charge in [-0.05, 0) is 18.9 Å². The van der Waals surface area contributed by atoms with Gasteiger partial charge in [-0.15, -0.1) is 0 Å². The molecule has 1 N–H and O–H groups in total. The van der Waals surface area contributed by atoms with Crippen molar-refractivity contribution in [1.82, 2.24) is 14.9 Å². The standard InChI is InChI=1S/C13H21N5O2/c1-16(2)12-14-7-4-11(15-12)18-8-5-10(6-9-18)17(3)13(19)20/h4,7,10H,5-6,8-9H2,1-3H3,(H,19,20). The Bertz CT molecular complexity index is 472. The minimum atomic E-state index is -0.861. The van der Waals surface area contributed by atoms with E-state index in [0.29, 0.717) is 5.95 Å². The van der Waals surface area contributed by atoms with Crippen molar-refractivity contribution in [3.63, 3.8) is 0 Å². The molecule has 1 aliphatic heterocycles. The summed E-state index contributed by atoms with van der Waals surface area (Å²) in [4.78, 5) is 25.1. The highest BCUT2D eigenvalue weighted by Gasteiger charge is 2.25. The van der Waals surface area contributed by atoms with E-state index in [9.17, 15) is 4.79 Å². The largest absolute Gasteiger partial charge is 0.465 e. The van der Waals surface area contributed by atoms with E-state index < -0.39 is 6.09 Å². The van der Waals surface area contributed by atoms with Crippen molar-refractivity contribution in [3.8, 4) is 0 Å². The second-order valence-corrected chi connectivity index (χ2v) is 5.22. The van der Waals surface area contributed by atoms with Crippen LogP contribution in [0.5, 0.6) is 0 Å². The molecule has 0 atom stereocenters. The first-order valence-corrected chi connectivity index (χ1v) is 6.70. The zero-order chi connectivity index (χ0) is 14.7. The van der Waals surface area contributed by atoms with Crippen LogP contribution in [0.15, 0.2) is 12.3 Å². The van der Waals surface area contributed by atoms with Gasteiger partial charge in [0.05, 0.1) is 0 Å². The average molecular weight is 279 g/mol. The summed E-state index contributed by atoms with van der Waals surface area (Å²) in [5.41, 5.74) is 0. The fourth-order valence-corrected chi connectivity index (χ4v) is 2.37. The Morgan fingerprint density at radius 1 is 1.35 bits per heavy atom. The van der Waals surface area contributed by atoms with Gasteiger partial charge >= 0.3 is 6.09 Å². The van der Waals surface area contributed by atoms with Crippen molar-refractivity contribution >= 4 is 17.9 Å². The molecule has 0 radical (unpaired) electrons. The van der Waals surface area contributed by atoms with Gasteiger partial charge in [-0.25, -0.2) is 9.78 Å². The minimum Gasteiger partial charge on any atom is -0.465 e. The molecule has 0 bridgehead atoms. The van der Waals surface area contributed by atoms with Crippen LogP contribution in [-0.2, 0) is 0 Å². The third-order valence-electron chi connectivity index (χ3n) is 3.67. The number of hydrogen-bond donors (Lipinski definition) is 1.